The van der Waals surface area contributed by atoms with Crippen LogP contribution in [0.1, 0.15) is 0 Å². The highest BCUT2D eigenvalue weighted by Gasteiger charge is 1.96. The lowest BCUT2D eigenvalue weighted by Crippen LogP contribution is -2.15. The Labute approximate surface area is 93.0 Å². The van der Waals surface area contributed by atoms with Crippen molar-refractivity contribution >= 4 is 28.7 Å². The molecule has 4 nitrogen and oxygen atoms in total. The molecule has 0 fully saturated rings. The predicted molar refractivity (Wildman–Crippen MR) is 66.1 cm³/mol. The van der Waals surface area contributed by atoms with Crippen molar-refractivity contribution in [1.29, 1.82) is 0 Å². The van der Waals surface area contributed by atoms with Crippen molar-refractivity contribution in [1.82, 2.24) is 14.7 Å². The predicted octanol–water partition coefficient (Wildman–Crippen LogP) is 1.84. The first-order chi connectivity index (χ1) is 7.40. The Bertz CT molecular complexity index is 426. The number of aromatic nitrogens is 2. The van der Waals surface area contributed by atoms with Gasteiger partial charge in [0.2, 0.25) is 0 Å². The molecule has 0 saturated carbocycles. The van der Waals surface area contributed by atoms with Crippen LogP contribution in [-0.4, -0.2) is 29.3 Å². The summed E-state index contributed by atoms with van der Waals surface area (Å²) in [4.78, 5) is 7.26. The molecule has 0 aliphatic carbocycles. The van der Waals surface area contributed by atoms with Crippen molar-refractivity contribution in [3.05, 3.63) is 24.5 Å². The molecule has 2 rings (SSSR count). The van der Waals surface area contributed by atoms with Gasteiger partial charge in [0.1, 0.15) is 0 Å². The summed E-state index contributed by atoms with van der Waals surface area (Å²) in [7, 11) is 0. The lowest BCUT2D eigenvalue weighted by molar-refractivity contribution is 0.958. The molecule has 0 unspecified atom stereocenters. The molecule has 0 atom stereocenters. The Hall–Kier alpha value is -1.20. The van der Waals surface area contributed by atoms with Gasteiger partial charge in [-0.3, -0.25) is 4.72 Å². The first kappa shape index (κ1) is 10.3. The zero-order chi connectivity index (χ0) is 10.5. The van der Waals surface area contributed by atoms with Gasteiger partial charge in [0, 0.05) is 18.8 Å². The van der Waals surface area contributed by atoms with Crippen molar-refractivity contribution < 1.29 is 0 Å². The van der Waals surface area contributed by atoms with Crippen LogP contribution < -0.4 is 10.0 Å². The van der Waals surface area contributed by atoms with E-state index in [0.717, 1.165) is 29.8 Å². The normalized spacial score (nSPS) is 10.7. The Morgan fingerprint density at radius 2 is 2.33 bits per heavy atom. The van der Waals surface area contributed by atoms with Crippen molar-refractivity contribution in [3.8, 4) is 0 Å². The van der Waals surface area contributed by atoms with Gasteiger partial charge in [0.25, 0.3) is 0 Å². The lowest BCUT2D eigenvalue weighted by Gasteiger charge is -2.05. The topological polar surface area (TPSA) is 52.7 Å². The summed E-state index contributed by atoms with van der Waals surface area (Å²) in [6.07, 6.45) is 3.74. The average Bonchev–Trinajstić information content (AvgIpc) is 2.71. The first-order valence-electron chi connectivity index (χ1n) is 4.83. The summed E-state index contributed by atoms with van der Waals surface area (Å²) in [5.41, 5.74) is 3.19. The Balaban J connectivity index is 1.96. The third kappa shape index (κ3) is 2.64. The van der Waals surface area contributed by atoms with Gasteiger partial charge >= 0.3 is 0 Å². The van der Waals surface area contributed by atoms with Crippen molar-refractivity contribution in [3.63, 3.8) is 0 Å². The standard InChI is InChI=1S/C10H14N4S/c1-15-14-5-4-11-8-2-3-9-10(6-8)13-7-12-9/h2-3,6-7,11,14H,4-5H2,1H3,(H,12,13). The summed E-state index contributed by atoms with van der Waals surface area (Å²) >= 11 is 1.63. The molecule has 0 aliphatic rings. The molecule has 0 saturated heterocycles. The number of imidazole rings is 1. The highest BCUT2D eigenvalue weighted by atomic mass is 32.2. The van der Waals surface area contributed by atoms with E-state index in [1.165, 1.54) is 0 Å². The number of rotatable bonds is 5. The van der Waals surface area contributed by atoms with E-state index in [2.05, 4.69) is 26.1 Å². The van der Waals surface area contributed by atoms with Crippen LogP contribution in [0.15, 0.2) is 24.5 Å². The smallest absolute Gasteiger partial charge is 0.0931 e. The molecule has 1 aromatic carbocycles. The van der Waals surface area contributed by atoms with Crippen molar-refractivity contribution in [2.24, 2.45) is 0 Å². The maximum absolute atomic E-state index is 4.17. The molecule has 1 aromatic heterocycles. The molecule has 0 aliphatic heterocycles. The highest BCUT2D eigenvalue weighted by Crippen LogP contribution is 2.14. The van der Waals surface area contributed by atoms with E-state index in [0.29, 0.717) is 0 Å². The molecule has 0 spiro atoms. The number of hydrogen-bond acceptors (Lipinski definition) is 4. The van der Waals surface area contributed by atoms with E-state index in [1.54, 1.807) is 18.3 Å². The SMILES string of the molecule is CSNCCNc1ccc2nc[nH]c2c1. The quantitative estimate of drug-likeness (QED) is 0.534. The van der Waals surface area contributed by atoms with E-state index >= 15 is 0 Å². The number of fused-ring (bicyclic) bond motifs is 1. The number of aromatic amines is 1. The second-order valence-corrected chi connectivity index (χ2v) is 3.86. The Morgan fingerprint density at radius 1 is 1.40 bits per heavy atom. The minimum absolute atomic E-state index is 0.917. The fourth-order valence-corrected chi connectivity index (χ4v) is 1.71. The molecule has 15 heavy (non-hydrogen) atoms. The lowest BCUT2D eigenvalue weighted by atomic mass is 10.3. The molecule has 1 heterocycles. The minimum Gasteiger partial charge on any atom is -0.384 e. The van der Waals surface area contributed by atoms with Crippen molar-refractivity contribution in [2.75, 3.05) is 24.7 Å². The molecule has 2 aromatic rings. The van der Waals surface area contributed by atoms with Gasteiger partial charge in [-0.25, -0.2) is 4.98 Å². The van der Waals surface area contributed by atoms with Gasteiger partial charge in [-0.05, 0) is 24.5 Å². The van der Waals surface area contributed by atoms with E-state index < -0.39 is 0 Å². The van der Waals surface area contributed by atoms with E-state index in [4.69, 9.17) is 0 Å². The molecule has 0 bridgehead atoms. The number of anilines is 1. The minimum atomic E-state index is 0.917. The summed E-state index contributed by atoms with van der Waals surface area (Å²) in [5, 5.41) is 3.34. The fourth-order valence-electron chi connectivity index (χ4n) is 1.41. The van der Waals surface area contributed by atoms with Crippen LogP contribution in [0.2, 0.25) is 0 Å². The Morgan fingerprint density at radius 3 is 3.20 bits per heavy atom. The number of benzene rings is 1. The molecule has 5 heteroatoms. The Kier molecular flexibility index (Phi) is 3.47. The van der Waals surface area contributed by atoms with Crippen LogP contribution >= 0.6 is 11.9 Å². The van der Waals surface area contributed by atoms with E-state index in [9.17, 15) is 0 Å². The van der Waals surface area contributed by atoms with Crippen LogP contribution in [0.3, 0.4) is 0 Å². The van der Waals surface area contributed by atoms with Gasteiger partial charge in [0.05, 0.1) is 17.4 Å². The molecular formula is C10H14N4S. The summed E-state index contributed by atoms with van der Waals surface area (Å²) in [6, 6.07) is 6.12. The molecule has 3 N–H and O–H groups in total. The molecule has 0 radical (unpaired) electrons. The van der Waals surface area contributed by atoms with Crippen LogP contribution in [0.5, 0.6) is 0 Å². The van der Waals surface area contributed by atoms with E-state index in [1.807, 2.05) is 18.4 Å². The van der Waals surface area contributed by atoms with Crippen molar-refractivity contribution in [2.45, 2.75) is 0 Å². The zero-order valence-electron chi connectivity index (χ0n) is 8.58. The summed E-state index contributed by atoms with van der Waals surface area (Å²) in [5.74, 6) is 0. The van der Waals surface area contributed by atoms with Crippen LogP contribution in [0, 0.1) is 0 Å². The summed E-state index contributed by atoms with van der Waals surface area (Å²) < 4.78 is 3.18. The number of nitrogens with zero attached hydrogens (tertiary/aromatic N) is 1. The molecule has 80 valence electrons. The van der Waals surface area contributed by atoms with Gasteiger partial charge < -0.3 is 10.3 Å². The third-order valence-corrected chi connectivity index (χ3v) is 2.61. The maximum Gasteiger partial charge on any atom is 0.0931 e. The number of nitrogens with one attached hydrogen (secondary N) is 3. The first-order valence-corrected chi connectivity index (χ1v) is 6.05. The van der Waals surface area contributed by atoms with E-state index in [-0.39, 0.29) is 0 Å². The maximum atomic E-state index is 4.17. The average molecular weight is 222 g/mol. The van der Waals surface area contributed by atoms with Crippen LogP contribution in [-0.2, 0) is 0 Å². The van der Waals surface area contributed by atoms with Gasteiger partial charge in [-0.15, -0.1) is 0 Å². The van der Waals surface area contributed by atoms with Gasteiger partial charge in [-0.1, -0.05) is 11.9 Å². The number of hydrogen-bond donors (Lipinski definition) is 3. The van der Waals surface area contributed by atoms with Crippen LogP contribution in [0.25, 0.3) is 11.0 Å². The second-order valence-electron chi connectivity index (χ2n) is 3.16. The monoisotopic (exact) mass is 222 g/mol. The fraction of sp³-hybridized carbons (Fsp3) is 0.300. The molecular weight excluding hydrogens is 208 g/mol. The zero-order valence-corrected chi connectivity index (χ0v) is 9.40. The summed E-state index contributed by atoms with van der Waals surface area (Å²) in [6.45, 7) is 1.86. The largest absolute Gasteiger partial charge is 0.384 e. The van der Waals surface area contributed by atoms with Gasteiger partial charge in [0.15, 0.2) is 0 Å². The third-order valence-electron chi connectivity index (χ3n) is 2.12. The van der Waals surface area contributed by atoms with Gasteiger partial charge in [-0.2, -0.15) is 0 Å². The van der Waals surface area contributed by atoms with Crippen LogP contribution in [0.4, 0.5) is 5.69 Å². The number of H-pyrrole nitrogens is 1. The molecule has 0 amide bonds. The second kappa shape index (κ2) is 5.04. The highest BCUT2D eigenvalue weighted by molar-refractivity contribution is 7.96.